The van der Waals surface area contributed by atoms with Gasteiger partial charge in [-0.05, 0) is 48.5 Å². The van der Waals surface area contributed by atoms with E-state index in [-0.39, 0.29) is 5.56 Å². The molecule has 28 heavy (non-hydrogen) atoms. The number of carboxylic acid groups (broad SMARTS) is 1. The topological polar surface area (TPSA) is 105 Å². The van der Waals surface area contributed by atoms with Crippen LogP contribution in [0, 0.1) is 0 Å². The van der Waals surface area contributed by atoms with E-state index in [1.54, 1.807) is 36.6 Å². The summed E-state index contributed by atoms with van der Waals surface area (Å²) in [6.45, 7) is 0. The fourth-order valence-electron chi connectivity index (χ4n) is 2.65. The Morgan fingerprint density at radius 3 is 2.57 bits per heavy atom. The molecule has 4 rings (SSSR count). The normalized spacial score (nSPS) is 10.4. The molecule has 0 aliphatic carbocycles. The Morgan fingerprint density at radius 2 is 1.75 bits per heavy atom. The van der Waals surface area contributed by atoms with Crippen LogP contribution in [0.5, 0.6) is 0 Å². The number of aromatic carboxylic acids is 1. The molecule has 2 bridgehead atoms. The minimum Gasteiger partial charge on any atom is -0.478 e. The maximum Gasteiger partial charge on any atom is 0.335 e. The van der Waals surface area contributed by atoms with Gasteiger partial charge in [0, 0.05) is 5.39 Å². The van der Waals surface area contributed by atoms with Crippen LogP contribution in [0.1, 0.15) is 10.4 Å². The zero-order chi connectivity index (χ0) is 19.3. The van der Waals surface area contributed by atoms with E-state index in [4.69, 9.17) is 8.83 Å². The van der Waals surface area contributed by atoms with E-state index in [0.717, 1.165) is 10.9 Å². The van der Waals surface area contributed by atoms with Gasteiger partial charge < -0.3 is 18.9 Å². The molecule has 0 aliphatic rings. The summed E-state index contributed by atoms with van der Waals surface area (Å²) in [5.41, 5.74) is 2.89. The number of hydrogen-bond donors (Lipinski definition) is 2. The maximum absolute atomic E-state index is 11.4. The monoisotopic (exact) mass is 373 g/mol. The predicted octanol–water partition coefficient (Wildman–Crippen LogP) is 4.96. The van der Waals surface area contributed by atoms with Crippen molar-refractivity contribution < 1.29 is 18.7 Å². The fraction of sp³-hybridized carbons (Fsp3) is 0. The third-order valence-corrected chi connectivity index (χ3v) is 3.98. The first-order chi connectivity index (χ1) is 13.7. The van der Waals surface area contributed by atoms with E-state index in [1.807, 2.05) is 18.2 Å². The Hall–Kier alpha value is -4.13. The molecular formula is C21H15N3O4. The van der Waals surface area contributed by atoms with Crippen LogP contribution < -0.4 is 0 Å². The van der Waals surface area contributed by atoms with Gasteiger partial charge in [-0.3, -0.25) is 0 Å². The molecule has 0 saturated carbocycles. The molecule has 2 N–H and O–H groups in total. The minimum absolute atomic E-state index is 0.128. The second kappa shape index (κ2) is 7.63. The number of nitrogens with one attached hydrogen (secondary N) is 1. The summed E-state index contributed by atoms with van der Waals surface area (Å²) >= 11 is 0. The van der Waals surface area contributed by atoms with Crippen LogP contribution in [-0.2, 0) is 0 Å². The van der Waals surface area contributed by atoms with Crippen LogP contribution in [0.25, 0.3) is 33.2 Å². The highest BCUT2D eigenvalue weighted by Gasteiger charge is 2.05. The second-order valence-electron chi connectivity index (χ2n) is 5.82. The number of rotatable bonds is 1. The summed E-state index contributed by atoms with van der Waals surface area (Å²) in [6, 6.07) is 17.0. The van der Waals surface area contributed by atoms with Crippen molar-refractivity contribution in [3.63, 3.8) is 0 Å². The Balaban J connectivity index is 2.17. The first kappa shape index (κ1) is 17.3. The molecule has 0 aliphatic heterocycles. The lowest BCUT2D eigenvalue weighted by Gasteiger charge is -2.00. The molecule has 138 valence electrons. The molecule has 2 aromatic heterocycles. The summed E-state index contributed by atoms with van der Waals surface area (Å²) < 4.78 is 11.3. The highest BCUT2D eigenvalue weighted by molar-refractivity contribution is 5.95. The van der Waals surface area contributed by atoms with Gasteiger partial charge in [-0.2, -0.15) is 0 Å². The Labute approximate surface area is 158 Å². The lowest BCUT2D eigenvalue weighted by Crippen LogP contribution is -1.95. The van der Waals surface area contributed by atoms with Gasteiger partial charge in [0.25, 0.3) is 0 Å². The van der Waals surface area contributed by atoms with E-state index >= 15 is 0 Å². The van der Waals surface area contributed by atoms with Crippen molar-refractivity contribution in [2.45, 2.75) is 0 Å². The molecular weight excluding hydrogens is 358 g/mol. The predicted molar refractivity (Wildman–Crippen MR) is 104 cm³/mol. The summed E-state index contributed by atoms with van der Waals surface area (Å²) in [5.74, 6) is -1.03. The molecule has 0 spiro atoms. The molecule has 0 atom stereocenters. The first-order valence-electron chi connectivity index (χ1n) is 8.41. The summed E-state index contributed by atoms with van der Waals surface area (Å²) in [4.78, 5) is 23.1. The van der Waals surface area contributed by atoms with Gasteiger partial charge >= 0.3 is 5.97 Å². The summed E-state index contributed by atoms with van der Waals surface area (Å²) in [5, 5.41) is 10.0. The molecule has 0 fully saturated rings. The van der Waals surface area contributed by atoms with Gasteiger partial charge in [-0.15, -0.1) is 0 Å². The third-order valence-electron chi connectivity index (χ3n) is 3.98. The fourth-order valence-corrected chi connectivity index (χ4v) is 2.65. The van der Waals surface area contributed by atoms with Crippen LogP contribution in [0.15, 0.2) is 88.4 Å². The van der Waals surface area contributed by atoms with Gasteiger partial charge in [0.1, 0.15) is 23.1 Å². The Morgan fingerprint density at radius 1 is 0.929 bits per heavy atom. The number of hydrogen-bond acceptors (Lipinski definition) is 5. The van der Waals surface area contributed by atoms with Crippen LogP contribution in [0.4, 0.5) is 0 Å². The molecule has 4 aromatic rings. The summed E-state index contributed by atoms with van der Waals surface area (Å²) in [7, 11) is 0. The van der Waals surface area contributed by atoms with E-state index in [0.29, 0.717) is 22.3 Å². The van der Waals surface area contributed by atoms with Crippen LogP contribution in [-0.4, -0.2) is 26.0 Å². The third kappa shape index (κ3) is 3.68. The molecule has 2 aromatic carbocycles. The van der Waals surface area contributed by atoms with Crippen molar-refractivity contribution >= 4 is 39.2 Å². The van der Waals surface area contributed by atoms with Crippen LogP contribution in [0.2, 0.25) is 0 Å². The number of carbonyl (C=O) groups is 1. The Kier molecular flexibility index (Phi) is 4.71. The van der Waals surface area contributed by atoms with Crippen molar-refractivity contribution in [2.24, 2.45) is 0 Å². The maximum atomic E-state index is 11.4. The summed E-state index contributed by atoms with van der Waals surface area (Å²) in [6.07, 6.45) is 4.50. The second-order valence-corrected chi connectivity index (χ2v) is 5.82. The quantitative estimate of drug-likeness (QED) is 0.488. The first-order valence-corrected chi connectivity index (χ1v) is 8.41. The largest absolute Gasteiger partial charge is 0.478 e. The SMILES string of the molecule is O=C(O)c1ccc2occccccoc3ccc4ncnc([nH]c2c1)c4c3. The average Bonchev–Trinajstić information content (AvgIpc) is 2.71. The number of nitrogens with zero attached hydrogens (tertiary/aromatic N) is 2. The van der Waals surface area contributed by atoms with Crippen molar-refractivity contribution in [1.82, 2.24) is 15.0 Å². The highest BCUT2D eigenvalue weighted by Crippen LogP contribution is 2.18. The number of benzene rings is 2. The van der Waals surface area contributed by atoms with Crippen LogP contribution in [0.3, 0.4) is 0 Å². The number of aromatic amines is 1. The van der Waals surface area contributed by atoms with Crippen molar-refractivity contribution in [3.8, 4) is 0 Å². The lowest BCUT2D eigenvalue weighted by molar-refractivity contribution is 0.0697. The average molecular weight is 373 g/mol. The molecule has 0 saturated heterocycles. The van der Waals surface area contributed by atoms with E-state index in [2.05, 4.69) is 15.0 Å². The smallest absolute Gasteiger partial charge is 0.335 e. The number of carboxylic acids is 1. The van der Waals surface area contributed by atoms with Crippen LogP contribution >= 0.6 is 0 Å². The molecule has 2 heterocycles. The number of H-pyrrole nitrogens is 1. The van der Waals surface area contributed by atoms with Crippen molar-refractivity contribution in [2.75, 3.05) is 0 Å². The van der Waals surface area contributed by atoms with E-state index in [9.17, 15) is 9.90 Å². The van der Waals surface area contributed by atoms with E-state index < -0.39 is 5.97 Å². The molecule has 7 heteroatoms. The zero-order valence-electron chi connectivity index (χ0n) is 14.6. The van der Waals surface area contributed by atoms with Gasteiger partial charge in [-0.1, -0.05) is 12.1 Å². The van der Waals surface area contributed by atoms with Gasteiger partial charge in [-0.25, -0.2) is 14.8 Å². The van der Waals surface area contributed by atoms with Crippen molar-refractivity contribution in [3.05, 3.63) is 85.1 Å². The van der Waals surface area contributed by atoms with Gasteiger partial charge in [0.05, 0.1) is 29.1 Å². The van der Waals surface area contributed by atoms with Gasteiger partial charge in [0.15, 0.2) is 0 Å². The Bertz CT molecular complexity index is 1310. The zero-order valence-corrected chi connectivity index (χ0v) is 14.6. The van der Waals surface area contributed by atoms with Crippen molar-refractivity contribution in [1.29, 1.82) is 0 Å². The molecule has 7 nitrogen and oxygen atoms in total. The van der Waals surface area contributed by atoms with E-state index in [1.165, 1.54) is 24.7 Å². The highest BCUT2D eigenvalue weighted by atomic mass is 16.4. The molecule has 0 radical (unpaired) electrons. The molecule has 0 amide bonds. The molecule has 0 unspecified atom stereocenters. The number of fused-ring (bicyclic) bond motifs is 2. The van der Waals surface area contributed by atoms with Gasteiger partial charge in [0.2, 0.25) is 0 Å². The standard InChI is InChI=1S/C21H15N3O4/c25-21(26)14-5-8-19-18(11-14)24-20-16-12-15(6-7-17(16)22-13-23-20)27-9-3-1-2-4-10-28-19/h1-13H,(H,25,26)(H,22,23,24). The lowest BCUT2D eigenvalue weighted by atomic mass is 10.2. The minimum atomic E-state index is -1.03. The number of aromatic nitrogens is 3.